The van der Waals surface area contributed by atoms with Gasteiger partial charge < -0.3 is 33.7 Å². The molecule has 30 heavy (non-hydrogen) atoms. The van der Waals surface area contributed by atoms with Gasteiger partial charge in [0, 0.05) is 27.9 Å². The molecule has 0 aromatic carbocycles. The molecule has 8 nitrogen and oxygen atoms in total. The minimum absolute atomic E-state index is 0.0245. The van der Waals surface area contributed by atoms with Crippen LogP contribution in [-0.4, -0.2) is 82.8 Å². The second-order valence-electron chi connectivity index (χ2n) is 8.94. The Balaban J connectivity index is 1.61. The molecule has 0 radical (unpaired) electrons. The number of hydrogen-bond donors (Lipinski definition) is 1. The number of epoxide rings is 2. The van der Waals surface area contributed by atoms with E-state index in [0.717, 1.165) is 12.8 Å². The number of carbonyl (C=O) groups is 1. The second-order valence-corrected chi connectivity index (χ2v) is 8.94. The van der Waals surface area contributed by atoms with Crippen molar-refractivity contribution in [3.8, 4) is 0 Å². The minimum atomic E-state index is -0.403. The zero-order valence-electron chi connectivity index (χ0n) is 19.1. The summed E-state index contributed by atoms with van der Waals surface area (Å²) in [6.07, 6.45) is 3.77. The second kappa shape index (κ2) is 9.63. The maximum Gasteiger partial charge on any atom is 0.320 e. The van der Waals surface area contributed by atoms with Crippen LogP contribution in [-0.2, 0) is 33.2 Å². The van der Waals surface area contributed by atoms with Gasteiger partial charge in [-0.05, 0) is 40.0 Å². The number of methoxy groups -OCH3 is 3. The van der Waals surface area contributed by atoms with Crippen LogP contribution in [0.2, 0.25) is 0 Å². The molecule has 2 heterocycles. The van der Waals surface area contributed by atoms with E-state index in [1.165, 1.54) is 5.57 Å². The van der Waals surface area contributed by atoms with Crippen molar-refractivity contribution < 1.29 is 33.2 Å². The van der Waals surface area contributed by atoms with Gasteiger partial charge in [0.25, 0.3) is 0 Å². The summed E-state index contributed by atoms with van der Waals surface area (Å²) in [6.45, 7) is 7.52. The Morgan fingerprint density at radius 2 is 1.97 bits per heavy atom. The van der Waals surface area contributed by atoms with Gasteiger partial charge in [0.05, 0.1) is 25.2 Å². The minimum Gasteiger partial charge on any atom is -0.459 e. The lowest BCUT2D eigenvalue weighted by Crippen LogP contribution is -2.56. The van der Waals surface area contributed by atoms with E-state index in [-0.39, 0.29) is 47.9 Å². The Bertz CT molecular complexity index is 627. The molecule has 6 unspecified atom stereocenters. The Kier molecular flexibility index (Phi) is 7.58. The molecular formula is C22H37NO7. The van der Waals surface area contributed by atoms with Crippen LogP contribution in [0.5, 0.6) is 0 Å². The van der Waals surface area contributed by atoms with Gasteiger partial charge in [0.1, 0.15) is 23.4 Å². The van der Waals surface area contributed by atoms with Gasteiger partial charge >= 0.3 is 5.97 Å². The molecule has 3 aliphatic rings. The van der Waals surface area contributed by atoms with E-state index in [9.17, 15) is 4.79 Å². The molecule has 1 saturated carbocycles. The summed E-state index contributed by atoms with van der Waals surface area (Å²) in [6, 6.07) is 0. The molecule has 0 bridgehead atoms. The van der Waals surface area contributed by atoms with E-state index in [1.807, 2.05) is 0 Å². The van der Waals surface area contributed by atoms with E-state index >= 15 is 0 Å². The molecule has 1 spiro atoms. The molecule has 0 aromatic heterocycles. The molecule has 2 aliphatic heterocycles. The van der Waals surface area contributed by atoms with Gasteiger partial charge in [-0.2, -0.15) is 0 Å². The SMILES string of the molecule is COC(CNCC(=O)OC1CCC2(CO2)C(C2(C)OC2CC=C(C)C)C1OC)OC. The molecule has 6 atom stereocenters. The Labute approximate surface area is 179 Å². The molecule has 3 rings (SSSR count). The lowest BCUT2D eigenvalue weighted by atomic mass is 9.68. The highest BCUT2D eigenvalue weighted by Crippen LogP contribution is 2.59. The van der Waals surface area contributed by atoms with Crippen LogP contribution >= 0.6 is 0 Å². The third-order valence-corrected chi connectivity index (χ3v) is 6.63. The van der Waals surface area contributed by atoms with Crippen LogP contribution in [0.4, 0.5) is 0 Å². The monoisotopic (exact) mass is 427 g/mol. The first kappa shape index (κ1) is 23.6. The van der Waals surface area contributed by atoms with Gasteiger partial charge in [0.2, 0.25) is 0 Å². The summed E-state index contributed by atoms with van der Waals surface area (Å²) in [5.41, 5.74) is 0.720. The normalized spacial score (nSPS) is 37.3. The predicted molar refractivity (Wildman–Crippen MR) is 110 cm³/mol. The Hall–Kier alpha value is -1.03. The summed E-state index contributed by atoms with van der Waals surface area (Å²) in [5, 5.41) is 3.01. The lowest BCUT2D eigenvalue weighted by molar-refractivity contribution is -0.171. The molecule has 3 fully saturated rings. The zero-order chi connectivity index (χ0) is 21.9. The van der Waals surface area contributed by atoms with Crippen LogP contribution in [0.15, 0.2) is 11.6 Å². The van der Waals surface area contributed by atoms with Gasteiger partial charge in [-0.25, -0.2) is 0 Å². The first-order valence-corrected chi connectivity index (χ1v) is 10.7. The maximum atomic E-state index is 12.4. The van der Waals surface area contributed by atoms with Crippen molar-refractivity contribution in [1.82, 2.24) is 5.32 Å². The van der Waals surface area contributed by atoms with Crippen LogP contribution in [0, 0.1) is 5.92 Å². The van der Waals surface area contributed by atoms with Crippen LogP contribution < -0.4 is 5.32 Å². The molecule has 1 N–H and O–H groups in total. The summed E-state index contributed by atoms with van der Waals surface area (Å²) in [4.78, 5) is 12.4. The molecule has 0 aromatic rings. The maximum absolute atomic E-state index is 12.4. The Morgan fingerprint density at radius 3 is 2.53 bits per heavy atom. The number of ether oxygens (including phenoxy) is 6. The summed E-state index contributed by atoms with van der Waals surface area (Å²) in [5.74, 6) is -0.293. The first-order valence-electron chi connectivity index (χ1n) is 10.7. The van der Waals surface area contributed by atoms with Gasteiger partial charge in [-0.3, -0.25) is 4.79 Å². The van der Waals surface area contributed by atoms with Crippen molar-refractivity contribution in [1.29, 1.82) is 0 Å². The Morgan fingerprint density at radius 1 is 1.27 bits per heavy atom. The van der Waals surface area contributed by atoms with Crippen molar-refractivity contribution in [3.05, 3.63) is 11.6 Å². The highest BCUT2D eigenvalue weighted by Gasteiger charge is 2.72. The number of carbonyl (C=O) groups excluding carboxylic acids is 1. The average molecular weight is 428 g/mol. The lowest BCUT2D eigenvalue weighted by Gasteiger charge is -2.42. The largest absolute Gasteiger partial charge is 0.459 e. The topological polar surface area (TPSA) is 91.1 Å². The molecule has 172 valence electrons. The van der Waals surface area contributed by atoms with Crippen molar-refractivity contribution in [2.75, 3.05) is 41.0 Å². The molecular weight excluding hydrogens is 390 g/mol. The number of hydrogen-bond acceptors (Lipinski definition) is 8. The predicted octanol–water partition coefficient (Wildman–Crippen LogP) is 1.81. The van der Waals surface area contributed by atoms with E-state index in [0.29, 0.717) is 19.6 Å². The summed E-state index contributed by atoms with van der Waals surface area (Å²) in [7, 11) is 4.79. The highest BCUT2D eigenvalue weighted by atomic mass is 16.7. The first-order chi connectivity index (χ1) is 14.3. The van der Waals surface area contributed by atoms with Gasteiger partial charge in [-0.1, -0.05) is 11.6 Å². The van der Waals surface area contributed by atoms with Gasteiger partial charge in [-0.15, -0.1) is 0 Å². The van der Waals surface area contributed by atoms with Crippen LogP contribution in [0.25, 0.3) is 0 Å². The average Bonchev–Trinajstić information content (AvgIpc) is 3.62. The number of rotatable bonds is 11. The molecule has 1 aliphatic carbocycles. The summed E-state index contributed by atoms with van der Waals surface area (Å²) < 4.78 is 34.1. The number of allylic oxidation sites excluding steroid dienone is 1. The van der Waals surface area contributed by atoms with E-state index in [1.54, 1.807) is 21.3 Å². The summed E-state index contributed by atoms with van der Waals surface area (Å²) >= 11 is 0. The van der Waals surface area contributed by atoms with Crippen LogP contribution in [0.3, 0.4) is 0 Å². The molecule has 8 heteroatoms. The smallest absolute Gasteiger partial charge is 0.320 e. The third kappa shape index (κ3) is 5.06. The van der Waals surface area contributed by atoms with Crippen molar-refractivity contribution in [3.63, 3.8) is 0 Å². The van der Waals surface area contributed by atoms with Crippen LogP contribution in [0.1, 0.15) is 40.0 Å². The fourth-order valence-corrected chi connectivity index (χ4v) is 4.84. The standard InChI is InChI=1S/C22H37NO7/c1-14(2)7-8-16-21(3,30-16)20-19(27-6)15(9-10-22(20)13-28-22)29-17(24)11-23-12-18(25-4)26-5/h7,15-16,18-20,23H,8-13H2,1-6H3. The van der Waals surface area contributed by atoms with E-state index < -0.39 is 6.29 Å². The quantitative estimate of drug-likeness (QED) is 0.231. The fourth-order valence-electron chi connectivity index (χ4n) is 4.84. The van der Waals surface area contributed by atoms with E-state index in [4.69, 9.17) is 28.4 Å². The third-order valence-electron chi connectivity index (χ3n) is 6.63. The zero-order valence-corrected chi connectivity index (χ0v) is 19.1. The van der Waals surface area contributed by atoms with Crippen molar-refractivity contribution in [2.45, 2.75) is 75.8 Å². The highest BCUT2D eigenvalue weighted by molar-refractivity contribution is 5.71. The van der Waals surface area contributed by atoms with Crippen molar-refractivity contribution in [2.24, 2.45) is 5.92 Å². The molecule has 0 amide bonds. The fraction of sp³-hybridized carbons (Fsp3) is 0.864. The van der Waals surface area contributed by atoms with E-state index in [2.05, 4.69) is 32.2 Å². The number of nitrogens with one attached hydrogen (secondary N) is 1. The van der Waals surface area contributed by atoms with Crippen molar-refractivity contribution >= 4 is 5.97 Å². The number of esters is 1. The van der Waals surface area contributed by atoms with Gasteiger partial charge in [0.15, 0.2) is 6.29 Å². The molecule has 2 saturated heterocycles.